The summed E-state index contributed by atoms with van der Waals surface area (Å²) >= 11 is 0. The number of rotatable bonds is 7. The van der Waals surface area contributed by atoms with Crippen LogP contribution in [0.3, 0.4) is 0 Å². The summed E-state index contributed by atoms with van der Waals surface area (Å²) in [5.74, 6) is -0.0839. The van der Waals surface area contributed by atoms with Crippen LogP contribution in [0, 0.1) is 11.2 Å². The molecule has 3 atom stereocenters. The zero-order chi connectivity index (χ0) is 21.1. The molecular formula is C24H31FN2O2Si. The van der Waals surface area contributed by atoms with Crippen molar-refractivity contribution in [3.8, 4) is 0 Å². The van der Waals surface area contributed by atoms with E-state index in [1.807, 2.05) is 12.3 Å². The molecule has 0 spiro atoms. The van der Waals surface area contributed by atoms with E-state index in [1.165, 1.54) is 23.6 Å². The number of ether oxygens (including phenoxy) is 2. The van der Waals surface area contributed by atoms with E-state index in [2.05, 4.69) is 37.1 Å². The summed E-state index contributed by atoms with van der Waals surface area (Å²) in [6.07, 6.45) is 7.24. The van der Waals surface area contributed by atoms with Crippen LogP contribution in [0.5, 0.6) is 0 Å². The zero-order valence-corrected chi connectivity index (χ0v) is 19.3. The van der Waals surface area contributed by atoms with E-state index >= 15 is 0 Å². The SMILES string of the molecule is COC1OC1C1(Cc2ccc(N[C@@H]3CCc4c([Si](C)(C)C)ccc(F)c43)cn2)CC1. The molecule has 0 bridgehead atoms. The Morgan fingerprint density at radius 3 is 2.63 bits per heavy atom. The average molecular weight is 427 g/mol. The van der Waals surface area contributed by atoms with Gasteiger partial charge in [0.2, 0.25) is 0 Å². The third-order valence-corrected chi connectivity index (χ3v) is 9.11. The van der Waals surface area contributed by atoms with Crippen molar-refractivity contribution in [1.29, 1.82) is 0 Å². The third-order valence-electron chi connectivity index (χ3n) is 7.02. The Morgan fingerprint density at radius 2 is 2.03 bits per heavy atom. The predicted octanol–water partition coefficient (Wildman–Crippen LogP) is 4.56. The molecule has 6 heteroatoms. The maximum Gasteiger partial charge on any atom is 0.184 e. The van der Waals surface area contributed by atoms with Crippen LogP contribution in [0.2, 0.25) is 19.6 Å². The standard InChI is InChI=1S/C24H31FN2O2Si/c1-28-23-22(29-23)24(11-12-24)13-15-5-6-16(14-26-15)27-19-9-7-17-20(30(2,3)4)10-8-18(25)21(17)19/h5-6,8,10,14,19,22-23,27H,7,9,11-13H2,1-4H3/t19-,22?,23?/m1/s1. The van der Waals surface area contributed by atoms with Crippen LogP contribution in [0.4, 0.5) is 10.1 Å². The summed E-state index contributed by atoms with van der Waals surface area (Å²) in [6, 6.07) is 7.87. The average Bonchev–Trinajstić information content (AvgIpc) is 3.61. The Bertz CT molecular complexity index is 953. The fraction of sp³-hybridized carbons (Fsp3) is 0.542. The lowest BCUT2D eigenvalue weighted by Gasteiger charge is -2.22. The minimum atomic E-state index is -1.50. The third kappa shape index (κ3) is 3.59. The zero-order valence-electron chi connectivity index (χ0n) is 18.3. The molecule has 2 aromatic rings. The lowest BCUT2D eigenvalue weighted by molar-refractivity contribution is 0.0950. The van der Waals surface area contributed by atoms with Crippen LogP contribution in [-0.4, -0.2) is 32.6 Å². The predicted molar refractivity (Wildman–Crippen MR) is 119 cm³/mol. The number of nitrogens with zero attached hydrogens (tertiary/aromatic N) is 1. The first-order valence-electron chi connectivity index (χ1n) is 11.0. The van der Waals surface area contributed by atoms with Gasteiger partial charge in [-0.05, 0) is 55.9 Å². The quantitative estimate of drug-likeness (QED) is 0.521. The van der Waals surface area contributed by atoms with Crippen molar-refractivity contribution in [1.82, 2.24) is 4.98 Å². The second-order valence-corrected chi connectivity index (χ2v) is 15.2. The van der Waals surface area contributed by atoms with Crippen molar-refractivity contribution in [3.63, 3.8) is 0 Å². The van der Waals surface area contributed by atoms with E-state index in [4.69, 9.17) is 14.5 Å². The lowest BCUT2D eigenvalue weighted by Crippen LogP contribution is -2.40. The molecule has 2 heterocycles. The Labute approximate surface area is 179 Å². The lowest BCUT2D eigenvalue weighted by atomic mass is 9.95. The fourth-order valence-corrected chi connectivity index (χ4v) is 6.92. The Kier molecular flexibility index (Phi) is 4.80. The van der Waals surface area contributed by atoms with E-state index in [0.717, 1.165) is 36.2 Å². The van der Waals surface area contributed by atoms with Crippen LogP contribution in [0.1, 0.15) is 42.1 Å². The highest BCUT2D eigenvalue weighted by molar-refractivity contribution is 6.89. The number of aromatic nitrogens is 1. The summed E-state index contributed by atoms with van der Waals surface area (Å²) in [5, 5.41) is 4.93. The number of methoxy groups -OCH3 is 1. The van der Waals surface area contributed by atoms with Gasteiger partial charge in [0, 0.05) is 23.8 Å². The van der Waals surface area contributed by atoms with Gasteiger partial charge in [-0.25, -0.2) is 4.39 Å². The van der Waals surface area contributed by atoms with Crippen LogP contribution in [0.15, 0.2) is 30.5 Å². The molecule has 4 nitrogen and oxygen atoms in total. The number of anilines is 1. The second-order valence-electron chi connectivity index (χ2n) is 10.2. The number of hydrogen-bond acceptors (Lipinski definition) is 4. The fourth-order valence-electron chi connectivity index (χ4n) is 5.17. The molecule has 160 valence electrons. The Morgan fingerprint density at radius 1 is 1.23 bits per heavy atom. The summed E-state index contributed by atoms with van der Waals surface area (Å²) < 4.78 is 25.7. The second kappa shape index (κ2) is 7.14. The van der Waals surface area contributed by atoms with E-state index in [0.29, 0.717) is 0 Å². The van der Waals surface area contributed by atoms with Gasteiger partial charge in [-0.3, -0.25) is 4.98 Å². The van der Waals surface area contributed by atoms with Gasteiger partial charge in [0.25, 0.3) is 0 Å². The molecule has 30 heavy (non-hydrogen) atoms. The van der Waals surface area contributed by atoms with Crippen molar-refractivity contribution in [2.24, 2.45) is 5.41 Å². The molecule has 3 aliphatic rings. The van der Waals surface area contributed by atoms with E-state index in [1.54, 1.807) is 13.2 Å². The summed E-state index contributed by atoms with van der Waals surface area (Å²) in [6.45, 7) is 6.99. The number of nitrogens with one attached hydrogen (secondary N) is 1. The minimum Gasteiger partial charge on any atom is -0.377 e. The number of hydrogen-bond donors (Lipinski definition) is 1. The first-order valence-corrected chi connectivity index (χ1v) is 14.5. The molecule has 1 N–H and O–H groups in total. The van der Waals surface area contributed by atoms with Gasteiger partial charge in [-0.2, -0.15) is 0 Å². The van der Waals surface area contributed by atoms with Gasteiger partial charge in [-0.15, -0.1) is 0 Å². The van der Waals surface area contributed by atoms with Crippen molar-refractivity contribution >= 4 is 18.9 Å². The molecule has 2 fully saturated rings. The van der Waals surface area contributed by atoms with Crippen LogP contribution < -0.4 is 10.5 Å². The van der Waals surface area contributed by atoms with E-state index < -0.39 is 8.07 Å². The molecule has 0 amide bonds. The van der Waals surface area contributed by atoms with E-state index in [-0.39, 0.29) is 29.7 Å². The molecular weight excluding hydrogens is 395 g/mol. The number of pyridine rings is 1. The molecule has 1 saturated carbocycles. The van der Waals surface area contributed by atoms with Gasteiger partial charge < -0.3 is 14.8 Å². The Balaban J connectivity index is 1.29. The highest BCUT2D eigenvalue weighted by Gasteiger charge is 2.61. The molecule has 1 aliphatic heterocycles. The number of benzene rings is 1. The van der Waals surface area contributed by atoms with Crippen molar-refractivity contribution in [3.05, 3.63) is 53.1 Å². The van der Waals surface area contributed by atoms with Crippen molar-refractivity contribution in [2.75, 3.05) is 12.4 Å². The monoisotopic (exact) mass is 426 g/mol. The molecule has 1 aromatic carbocycles. The van der Waals surface area contributed by atoms with E-state index in [9.17, 15) is 4.39 Å². The maximum absolute atomic E-state index is 14.7. The maximum atomic E-state index is 14.7. The largest absolute Gasteiger partial charge is 0.377 e. The van der Waals surface area contributed by atoms with Gasteiger partial charge in [0.15, 0.2) is 6.29 Å². The summed E-state index contributed by atoms with van der Waals surface area (Å²) in [5.41, 5.74) is 4.36. The molecule has 0 radical (unpaired) electrons. The smallest absolute Gasteiger partial charge is 0.184 e. The topological polar surface area (TPSA) is 46.7 Å². The first-order chi connectivity index (χ1) is 14.3. The summed E-state index contributed by atoms with van der Waals surface area (Å²) in [4.78, 5) is 4.70. The number of epoxide rings is 1. The van der Waals surface area contributed by atoms with Crippen LogP contribution in [-0.2, 0) is 22.3 Å². The number of fused-ring (bicyclic) bond motifs is 1. The molecule has 1 aromatic heterocycles. The van der Waals surface area contributed by atoms with Gasteiger partial charge in [0.05, 0.1) is 26.0 Å². The van der Waals surface area contributed by atoms with Gasteiger partial charge >= 0.3 is 0 Å². The van der Waals surface area contributed by atoms with Crippen molar-refractivity contribution < 1.29 is 13.9 Å². The molecule has 2 aliphatic carbocycles. The van der Waals surface area contributed by atoms with Gasteiger partial charge in [0.1, 0.15) is 11.9 Å². The normalized spacial score (nSPS) is 26.4. The van der Waals surface area contributed by atoms with Crippen molar-refractivity contribution in [2.45, 2.75) is 70.2 Å². The van der Waals surface area contributed by atoms with Gasteiger partial charge in [-0.1, -0.05) is 30.9 Å². The first kappa shape index (κ1) is 20.2. The Hall–Kier alpha value is -1.76. The van der Waals surface area contributed by atoms with Crippen LogP contribution >= 0.6 is 0 Å². The molecule has 1 saturated heterocycles. The molecule has 2 unspecified atom stereocenters. The highest BCUT2D eigenvalue weighted by Crippen LogP contribution is 2.58. The highest BCUT2D eigenvalue weighted by atomic mass is 28.3. The minimum absolute atomic E-state index is 0.0149. The molecule has 5 rings (SSSR count). The summed E-state index contributed by atoms with van der Waals surface area (Å²) in [7, 11) is 0.207. The number of halogens is 1. The van der Waals surface area contributed by atoms with Crippen LogP contribution in [0.25, 0.3) is 0 Å².